The average Bonchev–Trinajstić information content (AvgIpc) is 2.25. The fourth-order valence-corrected chi connectivity index (χ4v) is 2.73. The van der Waals surface area contributed by atoms with Crippen molar-refractivity contribution in [2.45, 2.75) is 11.4 Å². The zero-order valence-electron chi connectivity index (χ0n) is 9.15. The van der Waals surface area contributed by atoms with Gasteiger partial charge in [0.25, 0.3) is 10.2 Å². The van der Waals surface area contributed by atoms with Crippen LogP contribution < -0.4 is 10.3 Å². The molecule has 0 fully saturated rings. The number of primary sulfonamides is 1. The van der Waals surface area contributed by atoms with E-state index >= 15 is 0 Å². The molecule has 1 aromatic carbocycles. The van der Waals surface area contributed by atoms with Gasteiger partial charge in [0.05, 0.1) is 11.4 Å². The zero-order valence-corrected chi connectivity index (χ0v) is 10.8. The number of rotatable bonds is 2. The second-order valence-corrected chi connectivity index (χ2v) is 6.87. The van der Waals surface area contributed by atoms with Gasteiger partial charge in [-0.1, -0.05) is 6.07 Å². The summed E-state index contributed by atoms with van der Waals surface area (Å²) in [5, 5.41) is 10.0. The highest BCUT2D eigenvalue weighted by molar-refractivity contribution is 7.89. The van der Waals surface area contributed by atoms with Gasteiger partial charge in [-0.2, -0.15) is 8.42 Å². The molecule has 0 saturated carbocycles. The van der Waals surface area contributed by atoms with Crippen molar-refractivity contribution in [3.05, 3.63) is 35.5 Å². The molecule has 18 heavy (non-hydrogen) atoms. The van der Waals surface area contributed by atoms with Crippen LogP contribution in [0.5, 0.6) is 0 Å². The number of nitrogens with two attached hydrogens (primary N) is 2. The van der Waals surface area contributed by atoms with E-state index in [0.717, 1.165) is 9.87 Å². The lowest BCUT2D eigenvalue weighted by atomic mass is 10.1. The fraction of sp³-hybridized carbons (Fsp3) is 0.111. The summed E-state index contributed by atoms with van der Waals surface area (Å²) in [5.74, 6) is 0. The first-order valence-corrected chi connectivity index (χ1v) is 7.86. The number of fused-ring (bicyclic) bond motifs is 1. The predicted octanol–water partition coefficient (Wildman–Crippen LogP) is -0.676. The highest BCUT2D eigenvalue weighted by Gasteiger charge is 2.20. The SMILES string of the molecule is NS(=O)(=O)c1ccc2c(c1)CN(S(N)(=O)=O)C=C2. The van der Waals surface area contributed by atoms with Crippen LogP contribution in [0.15, 0.2) is 29.3 Å². The molecule has 0 saturated heterocycles. The van der Waals surface area contributed by atoms with Gasteiger partial charge in [0.1, 0.15) is 0 Å². The summed E-state index contributed by atoms with van der Waals surface area (Å²) in [5.41, 5.74) is 1.25. The van der Waals surface area contributed by atoms with E-state index in [2.05, 4.69) is 0 Å². The normalized spacial score (nSPS) is 15.6. The van der Waals surface area contributed by atoms with E-state index in [0.29, 0.717) is 5.56 Å². The number of hydrogen-bond donors (Lipinski definition) is 2. The van der Waals surface area contributed by atoms with Crippen LogP contribution in [-0.4, -0.2) is 21.1 Å². The molecule has 0 amide bonds. The Hall–Kier alpha value is -1.42. The van der Waals surface area contributed by atoms with Gasteiger partial charge >= 0.3 is 0 Å². The van der Waals surface area contributed by atoms with Crippen molar-refractivity contribution in [3.8, 4) is 0 Å². The van der Waals surface area contributed by atoms with Gasteiger partial charge in [-0.3, -0.25) is 4.31 Å². The standard InChI is InChI=1S/C9H11N3O4S2/c10-17(13,14)9-2-1-7-3-4-12(18(11,15)16)6-8(7)5-9/h1-5H,6H2,(H2,10,13,14)(H2,11,15,16). The molecule has 1 aromatic rings. The Balaban J connectivity index is 2.48. The minimum atomic E-state index is -3.85. The molecule has 1 heterocycles. The van der Waals surface area contributed by atoms with E-state index in [4.69, 9.17) is 10.3 Å². The lowest BCUT2D eigenvalue weighted by Crippen LogP contribution is -2.33. The van der Waals surface area contributed by atoms with Crippen molar-refractivity contribution >= 4 is 26.3 Å². The maximum atomic E-state index is 11.2. The predicted molar refractivity (Wildman–Crippen MR) is 65.5 cm³/mol. The molecule has 0 atom stereocenters. The van der Waals surface area contributed by atoms with Crippen LogP contribution in [0.3, 0.4) is 0 Å². The van der Waals surface area contributed by atoms with Gasteiger partial charge in [-0.05, 0) is 29.3 Å². The van der Waals surface area contributed by atoms with Crippen molar-refractivity contribution in [3.63, 3.8) is 0 Å². The molecular weight excluding hydrogens is 278 g/mol. The second kappa shape index (κ2) is 4.05. The minimum absolute atomic E-state index is 0.0198. The Morgan fingerprint density at radius 1 is 1.11 bits per heavy atom. The lowest BCUT2D eigenvalue weighted by molar-refractivity contribution is 0.494. The largest absolute Gasteiger partial charge is 0.298 e. The quantitative estimate of drug-likeness (QED) is 0.748. The average molecular weight is 289 g/mol. The molecule has 0 unspecified atom stereocenters. The van der Waals surface area contributed by atoms with Crippen LogP contribution in [0.2, 0.25) is 0 Å². The zero-order chi connectivity index (χ0) is 13.6. The van der Waals surface area contributed by atoms with E-state index in [1.165, 1.54) is 24.4 Å². The molecule has 0 radical (unpaired) electrons. The third-order valence-electron chi connectivity index (χ3n) is 2.52. The Morgan fingerprint density at radius 2 is 1.78 bits per heavy atom. The van der Waals surface area contributed by atoms with Crippen molar-refractivity contribution < 1.29 is 16.8 Å². The summed E-state index contributed by atoms with van der Waals surface area (Å²) in [6.45, 7) is -0.0198. The van der Waals surface area contributed by atoms with Gasteiger partial charge in [0.2, 0.25) is 10.0 Å². The second-order valence-electron chi connectivity index (χ2n) is 3.81. The number of hydrogen-bond acceptors (Lipinski definition) is 4. The lowest BCUT2D eigenvalue weighted by Gasteiger charge is -2.22. The molecule has 0 bridgehead atoms. The van der Waals surface area contributed by atoms with Crippen LogP contribution in [-0.2, 0) is 26.8 Å². The van der Waals surface area contributed by atoms with Crippen molar-refractivity contribution in [1.82, 2.24) is 4.31 Å². The van der Waals surface area contributed by atoms with Gasteiger partial charge < -0.3 is 0 Å². The van der Waals surface area contributed by atoms with E-state index in [1.807, 2.05) is 0 Å². The highest BCUT2D eigenvalue weighted by atomic mass is 32.2. The molecule has 1 aliphatic rings. The van der Waals surface area contributed by atoms with Crippen LogP contribution in [0, 0.1) is 0 Å². The summed E-state index contributed by atoms with van der Waals surface area (Å²) in [7, 11) is -7.66. The molecule has 98 valence electrons. The van der Waals surface area contributed by atoms with Crippen LogP contribution in [0.1, 0.15) is 11.1 Å². The van der Waals surface area contributed by atoms with Crippen LogP contribution in [0.4, 0.5) is 0 Å². The first kappa shape index (κ1) is 13.0. The molecule has 0 spiro atoms. The van der Waals surface area contributed by atoms with E-state index in [1.54, 1.807) is 6.07 Å². The monoisotopic (exact) mass is 289 g/mol. The summed E-state index contributed by atoms with van der Waals surface area (Å²) in [6.07, 6.45) is 2.87. The van der Waals surface area contributed by atoms with Gasteiger partial charge in [-0.15, -0.1) is 0 Å². The van der Waals surface area contributed by atoms with Crippen molar-refractivity contribution in [1.29, 1.82) is 0 Å². The summed E-state index contributed by atoms with van der Waals surface area (Å²) in [6, 6.07) is 4.27. The number of nitrogens with zero attached hydrogens (tertiary/aromatic N) is 1. The third-order valence-corrected chi connectivity index (χ3v) is 4.33. The first-order valence-electron chi connectivity index (χ1n) is 4.81. The minimum Gasteiger partial charge on any atom is -0.261 e. The molecule has 9 heteroatoms. The van der Waals surface area contributed by atoms with Crippen LogP contribution >= 0.6 is 0 Å². The maximum Gasteiger partial charge on any atom is 0.298 e. The molecule has 4 N–H and O–H groups in total. The van der Waals surface area contributed by atoms with E-state index in [9.17, 15) is 16.8 Å². The molecule has 1 aliphatic heterocycles. The summed E-state index contributed by atoms with van der Waals surface area (Å²) < 4.78 is 45.7. The number of benzene rings is 1. The molecule has 7 nitrogen and oxygen atoms in total. The molecule has 0 aliphatic carbocycles. The Morgan fingerprint density at radius 3 is 2.33 bits per heavy atom. The van der Waals surface area contributed by atoms with Gasteiger partial charge in [-0.25, -0.2) is 18.7 Å². The van der Waals surface area contributed by atoms with Crippen LogP contribution in [0.25, 0.3) is 6.08 Å². The molecule has 2 rings (SSSR count). The Kier molecular flexibility index (Phi) is 2.93. The van der Waals surface area contributed by atoms with Gasteiger partial charge in [0, 0.05) is 6.20 Å². The van der Waals surface area contributed by atoms with E-state index in [-0.39, 0.29) is 11.4 Å². The number of sulfonamides is 1. The van der Waals surface area contributed by atoms with Gasteiger partial charge in [0.15, 0.2) is 0 Å². The molecular formula is C9H11N3O4S2. The summed E-state index contributed by atoms with van der Waals surface area (Å²) >= 11 is 0. The molecule has 0 aromatic heterocycles. The van der Waals surface area contributed by atoms with E-state index < -0.39 is 20.2 Å². The highest BCUT2D eigenvalue weighted by Crippen LogP contribution is 2.23. The van der Waals surface area contributed by atoms with Crippen molar-refractivity contribution in [2.75, 3.05) is 0 Å². The Bertz CT molecular complexity index is 722. The third kappa shape index (κ3) is 2.53. The maximum absolute atomic E-state index is 11.2. The Labute approximate surface area is 105 Å². The topological polar surface area (TPSA) is 124 Å². The van der Waals surface area contributed by atoms with Crippen molar-refractivity contribution in [2.24, 2.45) is 10.3 Å². The summed E-state index contributed by atoms with van der Waals surface area (Å²) in [4.78, 5) is -0.0640. The smallest absolute Gasteiger partial charge is 0.261 e. The first-order chi connectivity index (χ1) is 8.18. The fourth-order valence-electron chi connectivity index (χ4n) is 1.62.